The summed E-state index contributed by atoms with van der Waals surface area (Å²) in [6, 6.07) is 10.8. The predicted molar refractivity (Wildman–Crippen MR) is 90.3 cm³/mol. The minimum Gasteiger partial charge on any atom is -0.338 e. The zero-order valence-corrected chi connectivity index (χ0v) is 14.1. The molecule has 0 radical (unpaired) electrons. The second-order valence-electron chi connectivity index (χ2n) is 6.49. The Hall–Kier alpha value is -1.94. The maximum atomic E-state index is 13.8. The van der Waals surface area contributed by atoms with Crippen LogP contribution in [0.5, 0.6) is 0 Å². The Morgan fingerprint density at radius 3 is 2.46 bits per heavy atom. The molecule has 0 N–H and O–H groups in total. The number of halogens is 3. The van der Waals surface area contributed by atoms with E-state index in [4.69, 9.17) is 11.6 Å². The molecule has 0 atom stereocenters. The zero-order chi connectivity index (χ0) is 17.3. The van der Waals surface area contributed by atoms with Gasteiger partial charge in [-0.2, -0.15) is 0 Å². The highest BCUT2D eigenvalue weighted by Gasteiger charge is 2.34. The van der Waals surface area contributed by atoms with E-state index < -0.39 is 11.6 Å². The fourth-order valence-electron chi connectivity index (χ4n) is 3.19. The molecule has 2 aromatic rings. The molecule has 1 fully saturated rings. The number of likely N-dealkylation sites (tertiary alicyclic amines) is 1. The Morgan fingerprint density at radius 2 is 1.83 bits per heavy atom. The topological polar surface area (TPSA) is 20.3 Å². The lowest BCUT2D eigenvalue weighted by Gasteiger charge is -2.40. The van der Waals surface area contributed by atoms with E-state index in [1.165, 1.54) is 6.07 Å². The molecule has 0 aromatic heterocycles. The van der Waals surface area contributed by atoms with E-state index in [1.54, 1.807) is 4.90 Å². The van der Waals surface area contributed by atoms with Gasteiger partial charge in [-0.1, -0.05) is 30.7 Å². The molecule has 126 valence electrons. The Morgan fingerprint density at radius 1 is 1.12 bits per heavy atom. The largest absolute Gasteiger partial charge is 0.338 e. The first-order chi connectivity index (χ1) is 11.4. The van der Waals surface area contributed by atoms with E-state index in [0.717, 1.165) is 30.5 Å². The highest BCUT2D eigenvalue weighted by atomic mass is 35.5. The van der Waals surface area contributed by atoms with Crippen LogP contribution in [0.4, 0.5) is 8.78 Å². The molecule has 24 heavy (non-hydrogen) atoms. The maximum absolute atomic E-state index is 13.8. The average molecular weight is 350 g/mol. The van der Waals surface area contributed by atoms with Gasteiger partial charge in [-0.25, -0.2) is 8.78 Å². The van der Waals surface area contributed by atoms with Gasteiger partial charge >= 0.3 is 0 Å². The van der Waals surface area contributed by atoms with Crippen molar-refractivity contribution in [3.05, 3.63) is 70.2 Å². The van der Waals surface area contributed by atoms with Gasteiger partial charge in [-0.05, 0) is 48.1 Å². The Balaban J connectivity index is 1.73. The smallest absolute Gasteiger partial charge is 0.256 e. The summed E-state index contributed by atoms with van der Waals surface area (Å²) in [5.41, 5.74) is 1.00. The van der Waals surface area contributed by atoms with E-state index in [9.17, 15) is 13.6 Å². The number of carbonyl (C=O) groups is 1. The van der Waals surface area contributed by atoms with Crippen molar-refractivity contribution in [2.75, 3.05) is 13.1 Å². The van der Waals surface area contributed by atoms with Crippen LogP contribution in [-0.4, -0.2) is 23.9 Å². The van der Waals surface area contributed by atoms with E-state index in [2.05, 4.69) is 6.92 Å². The van der Waals surface area contributed by atoms with Crippen molar-refractivity contribution in [3.8, 4) is 0 Å². The molecule has 2 aromatic carbocycles. The summed E-state index contributed by atoms with van der Waals surface area (Å²) in [5.74, 6) is -1.89. The molecular formula is C19H18ClF2NO. The maximum Gasteiger partial charge on any atom is 0.256 e. The van der Waals surface area contributed by atoms with Crippen LogP contribution in [0.3, 0.4) is 0 Å². The van der Waals surface area contributed by atoms with Crippen molar-refractivity contribution in [2.45, 2.75) is 25.2 Å². The monoisotopic (exact) mass is 349 g/mol. The van der Waals surface area contributed by atoms with Crippen molar-refractivity contribution in [1.82, 2.24) is 4.90 Å². The van der Waals surface area contributed by atoms with Crippen LogP contribution in [0.15, 0.2) is 42.5 Å². The van der Waals surface area contributed by atoms with Crippen molar-refractivity contribution in [1.29, 1.82) is 0 Å². The van der Waals surface area contributed by atoms with Crippen molar-refractivity contribution < 1.29 is 13.6 Å². The highest BCUT2D eigenvalue weighted by Crippen LogP contribution is 2.36. The summed E-state index contributed by atoms with van der Waals surface area (Å²) in [4.78, 5) is 14.1. The van der Waals surface area contributed by atoms with Crippen molar-refractivity contribution in [3.63, 3.8) is 0 Å². The Bertz CT molecular complexity index is 770. The van der Waals surface area contributed by atoms with Gasteiger partial charge in [-0.3, -0.25) is 4.79 Å². The summed E-state index contributed by atoms with van der Waals surface area (Å²) in [6.07, 6.45) is 1.53. The molecule has 1 heterocycles. The van der Waals surface area contributed by atoms with Crippen LogP contribution >= 0.6 is 11.6 Å². The molecule has 0 aliphatic carbocycles. The molecule has 1 saturated heterocycles. The molecule has 0 unspecified atom stereocenters. The molecule has 3 rings (SSSR count). The number of carbonyl (C=O) groups excluding carboxylic acids is 1. The second-order valence-corrected chi connectivity index (χ2v) is 6.92. The summed E-state index contributed by atoms with van der Waals surface area (Å²) in [6.45, 7) is 3.20. The van der Waals surface area contributed by atoms with Gasteiger partial charge in [0.15, 0.2) is 0 Å². The summed E-state index contributed by atoms with van der Waals surface area (Å²) >= 11 is 6.08. The minimum atomic E-state index is -0.817. The van der Waals surface area contributed by atoms with Crippen LogP contribution in [0.25, 0.3) is 0 Å². The molecule has 1 amide bonds. The number of amides is 1. The van der Waals surface area contributed by atoms with Gasteiger partial charge in [-0.15, -0.1) is 0 Å². The second kappa shape index (κ2) is 6.52. The van der Waals surface area contributed by atoms with E-state index in [0.29, 0.717) is 18.1 Å². The minimum absolute atomic E-state index is 0.0664. The van der Waals surface area contributed by atoms with E-state index in [-0.39, 0.29) is 16.9 Å². The predicted octanol–water partition coefficient (Wildman–Crippen LogP) is 4.81. The first-order valence-corrected chi connectivity index (χ1v) is 8.27. The number of piperidine rings is 1. The number of hydrogen-bond donors (Lipinski definition) is 0. The average Bonchev–Trinajstić information content (AvgIpc) is 2.55. The lowest BCUT2D eigenvalue weighted by molar-refractivity contribution is 0.0671. The van der Waals surface area contributed by atoms with Crippen LogP contribution in [0.2, 0.25) is 5.02 Å². The summed E-state index contributed by atoms with van der Waals surface area (Å²) in [7, 11) is 0. The van der Waals surface area contributed by atoms with Gasteiger partial charge in [0.2, 0.25) is 0 Å². The van der Waals surface area contributed by atoms with Gasteiger partial charge in [0.25, 0.3) is 5.91 Å². The third-order valence-electron chi connectivity index (χ3n) is 4.84. The van der Waals surface area contributed by atoms with Crippen LogP contribution in [0.1, 0.15) is 35.7 Å². The van der Waals surface area contributed by atoms with Crippen LogP contribution in [-0.2, 0) is 5.41 Å². The first kappa shape index (κ1) is 16.9. The molecular weight excluding hydrogens is 332 g/mol. The fraction of sp³-hybridized carbons (Fsp3) is 0.316. The molecule has 0 spiro atoms. The Labute approximate surface area is 145 Å². The molecule has 0 bridgehead atoms. The fourth-order valence-corrected chi connectivity index (χ4v) is 3.38. The van der Waals surface area contributed by atoms with Gasteiger partial charge in [0.05, 0.1) is 5.56 Å². The van der Waals surface area contributed by atoms with Crippen molar-refractivity contribution >= 4 is 17.5 Å². The van der Waals surface area contributed by atoms with Gasteiger partial charge in [0.1, 0.15) is 11.6 Å². The van der Waals surface area contributed by atoms with Crippen LogP contribution < -0.4 is 0 Å². The number of nitrogens with zero attached hydrogens (tertiary/aromatic N) is 1. The normalized spacial score (nSPS) is 16.9. The number of benzene rings is 2. The van der Waals surface area contributed by atoms with Gasteiger partial charge < -0.3 is 4.90 Å². The SMILES string of the molecule is CC1(c2cccc(Cl)c2)CCN(C(=O)c2ccc(F)cc2F)CC1. The zero-order valence-electron chi connectivity index (χ0n) is 13.4. The van der Waals surface area contributed by atoms with Crippen molar-refractivity contribution in [2.24, 2.45) is 0 Å². The van der Waals surface area contributed by atoms with Crippen LogP contribution in [0, 0.1) is 11.6 Å². The molecule has 5 heteroatoms. The molecule has 1 aliphatic heterocycles. The highest BCUT2D eigenvalue weighted by molar-refractivity contribution is 6.30. The molecule has 0 saturated carbocycles. The molecule has 2 nitrogen and oxygen atoms in total. The third-order valence-corrected chi connectivity index (χ3v) is 5.07. The first-order valence-electron chi connectivity index (χ1n) is 7.89. The molecule has 1 aliphatic rings. The Kier molecular flexibility index (Phi) is 4.59. The number of hydrogen-bond acceptors (Lipinski definition) is 1. The lowest BCUT2D eigenvalue weighted by atomic mass is 9.74. The van der Waals surface area contributed by atoms with E-state index in [1.807, 2.05) is 24.3 Å². The standard InChI is InChI=1S/C19H18ClF2NO/c1-19(13-3-2-4-14(20)11-13)7-9-23(10-8-19)18(24)16-6-5-15(21)12-17(16)22/h2-6,11-12H,7-10H2,1H3. The number of rotatable bonds is 2. The summed E-state index contributed by atoms with van der Waals surface area (Å²) in [5, 5.41) is 0.695. The summed E-state index contributed by atoms with van der Waals surface area (Å²) < 4.78 is 26.8. The lowest BCUT2D eigenvalue weighted by Crippen LogP contribution is -2.44. The van der Waals surface area contributed by atoms with Gasteiger partial charge in [0, 0.05) is 24.2 Å². The quantitative estimate of drug-likeness (QED) is 0.761. The van der Waals surface area contributed by atoms with E-state index >= 15 is 0 Å². The third kappa shape index (κ3) is 3.29.